The molecule has 3 aromatic rings. The fourth-order valence-electron chi connectivity index (χ4n) is 3.17. The number of hydrogen-bond donors (Lipinski definition) is 0. The van der Waals surface area contributed by atoms with E-state index in [1.54, 1.807) is 18.2 Å². The SMILES string of the molecule is Cn1cc(/C=C2/SC(=O)N(Cc3ccc([N+](=O)[O-])cc3)C2=O)c2ccccc21. The molecule has 1 aliphatic rings. The van der Waals surface area contributed by atoms with Gasteiger partial charge in [0.25, 0.3) is 16.8 Å². The highest BCUT2D eigenvalue weighted by atomic mass is 32.2. The molecule has 0 atom stereocenters. The molecule has 0 aliphatic carbocycles. The number of carbonyl (C=O) groups excluding carboxylic acids is 2. The summed E-state index contributed by atoms with van der Waals surface area (Å²) >= 11 is 0.903. The maximum absolute atomic E-state index is 12.7. The maximum atomic E-state index is 12.7. The van der Waals surface area contributed by atoms with Gasteiger partial charge in [0.05, 0.1) is 16.4 Å². The van der Waals surface area contributed by atoms with Gasteiger partial charge in [-0.05, 0) is 29.5 Å². The summed E-state index contributed by atoms with van der Waals surface area (Å²) in [6, 6.07) is 13.7. The summed E-state index contributed by atoms with van der Waals surface area (Å²) in [5.74, 6) is -0.360. The van der Waals surface area contributed by atoms with Crippen LogP contribution < -0.4 is 0 Å². The second-order valence-electron chi connectivity index (χ2n) is 6.40. The van der Waals surface area contributed by atoms with Crippen molar-refractivity contribution in [3.05, 3.63) is 80.9 Å². The number of benzene rings is 2. The smallest absolute Gasteiger partial charge is 0.293 e. The Balaban J connectivity index is 1.60. The Kier molecular flexibility index (Phi) is 4.48. The molecule has 2 aromatic carbocycles. The Morgan fingerprint density at radius 1 is 1.11 bits per heavy atom. The van der Waals surface area contributed by atoms with E-state index < -0.39 is 4.92 Å². The zero-order valence-electron chi connectivity index (χ0n) is 14.9. The van der Waals surface area contributed by atoms with Gasteiger partial charge in [0.15, 0.2) is 0 Å². The number of nitro groups is 1. The topological polar surface area (TPSA) is 85.4 Å². The molecule has 28 heavy (non-hydrogen) atoms. The molecule has 1 fully saturated rings. The lowest BCUT2D eigenvalue weighted by Crippen LogP contribution is -2.27. The lowest BCUT2D eigenvalue weighted by Gasteiger charge is -2.12. The van der Waals surface area contributed by atoms with E-state index in [0.717, 1.165) is 33.1 Å². The molecule has 0 saturated carbocycles. The average Bonchev–Trinajstić information content (AvgIpc) is 3.14. The largest absolute Gasteiger partial charge is 0.350 e. The number of fused-ring (bicyclic) bond motifs is 1. The van der Waals surface area contributed by atoms with Gasteiger partial charge in [0.2, 0.25) is 0 Å². The van der Waals surface area contributed by atoms with Crippen LogP contribution in [0.3, 0.4) is 0 Å². The summed E-state index contributed by atoms with van der Waals surface area (Å²) in [5.41, 5.74) is 2.53. The van der Waals surface area contributed by atoms with Crippen molar-refractivity contribution in [2.75, 3.05) is 0 Å². The Hall–Kier alpha value is -3.39. The molecule has 0 bridgehead atoms. The van der Waals surface area contributed by atoms with Gasteiger partial charge in [-0.1, -0.05) is 30.3 Å². The fraction of sp³-hybridized carbons (Fsp3) is 0.100. The number of para-hydroxylation sites is 1. The van der Waals surface area contributed by atoms with Crippen molar-refractivity contribution in [1.82, 2.24) is 9.47 Å². The third kappa shape index (κ3) is 3.18. The predicted molar refractivity (Wildman–Crippen MR) is 108 cm³/mol. The fourth-order valence-corrected chi connectivity index (χ4v) is 4.00. The van der Waals surface area contributed by atoms with Crippen LogP contribution >= 0.6 is 11.8 Å². The predicted octanol–water partition coefficient (Wildman–Crippen LogP) is 4.32. The standard InChI is InChI=1S/C20H15N3O4S/c1-21-12-14(16-4-2-3-5-17(16)21)10-18-19(24)22(20(25)28-18)11-13-6-8-15(9-7-13)23(26)27/h2-10,12H,11H2,1H3/b18-10+. The number of rotatable bonds is 4. The van der Waals surface area contributed by atoms with Crippen molar-refractivity contribution >= 4 is 45.6 Å². The van der Waals surface area contributed by atoms with E-state index in [4.69, 9.17) is 0 Å². The van der Waals surface area contributed by atoms with E-state index in [-0.39, 0.29) is 23.4 Å². The van der Waals surface area contributed by atoms with Crippen molar-refractivity contribution in [3.8, 4) is 0 Å². The molecule has 0 radical (unpaired) electrons. The van der Waals surface area contributed by atoms with Crippen molar-refractivity contribution < 1.29 is 14.5 Å². The van der Waals surface area contributed by atoms with E-state index >= 15 is 0 Å². The van der Waals surface area contributed by atoms with Gasteiger partial charge in [-0.25, -0.2) is 0 Å². The van der Waals surface area contributed by atoms with Crippen molar-refractivity contribution in [2.45, 2.75) is 6.54 Å². The minimum Gasteiger partial charge on any atom is -0.350 e. The first-order valence-electron chi connectivity index (χ1n) is 8.47. The number of amides is 2. The highest BCUT2D eigenvalue weighted by Crippen LogP contribution is 2.35. The van der Waals surface area contributed by atoms with Crippen molar-refractivity contribution in [2.24, 2.45) is 7.05 Å². The Bertz CT molecular complexity index is 1150. The highest BCUT2D eigenvalue weighted by molar-refractivity contribution is 8.18. The summed E-state index contributed by atoms with van der Waals surface area (Å²) in [4.78, 5) is 36.9. The molecule has 1 aromatic heterocycles. The number of aromatic nitrogens is 1. The summed E-state index contributed by atoms with van der Waals surface area (Å²) in [5, 5.41) is 11.4. The van der Waals surface area contributed by atoms with Crippen molar-refractivity contribution in [1.29, 1.82) is 0 Å². The van der Waals surface area contributed by atoms with Crippen LogP contribution in [0.4, 0.5) is 10.5 Å². The Morgan fingerprint density at radius 3 is 2.54 bits per heavy atom. The quantitative estimate of drug-likeness (QED) is 0.374. The minimum absolute atomic E-state index is 0.0336. The molecule has 1 saturated heterocycles. The molecule has 0 N–H and O–H groups in total. The minimum atomic E-state index is -0.489. The monoisotopic (exact) mass is 393 g/mol. The molecular formula is C20H15N3O4S. The average molecular weight is 393 g/mol. The molecule has 1 aliphatic heterocycles. The van der Waals surface area contributed by atoms with Gasteiger partial charge in [0.1, 0.15) is 0 Å². The first-order valence-corrected chi connectivity index (χ1v) is 9.28. The van der Waals surface area contributed by atoms with E-state index in [1.807, 2.05) is 42.1 Å². The summed E-state index contributed by atoms with van der Waals surface area (Å²) < 4.78 is 1.97. The molecule has 0 unspecified atom stereocenters. The molecule has 8 heteroatoms. The molecule has 2 amide bonds. The Labute approximate surface area is 164 Å². The van der Waals surface area contributed by atoms with E-state index in [1.165, 1.54) is 12.1 Å². The van der Waals surface area contributed by atoms with Gasteiger partial charge >= 0.3 is 0 Å². The van der Waals surface area contributed by atoms with Gasteiger partial charge in [-0.15, -0.1) is 0 Å². The normalized spacial score (nSPS) is 15.8. The number of hydrogen-bond acceptors (Lipinski definition) is 5. The first kappa shape index (κ1) is 18.0. The van der Waals surface area contributed by atoms with E-state index in [2.05, 4.69) is 0 Å². The lowest BCUT2D eigenvalue weighted by molar-refractivity contribution is -0.384. The summed E-state index contributed by atoms with van der Waals surface area (Å²) in [6.07, 6.45) is 3.66. The second kappa shape index (κ2) is 6.97. The summed E-state index contributed by atoms with van der Waals surface area (Å²) in [7, 11) is 1.93. The van der Waals surface area contributed by atoms with Crippen LogP contribution in [0.2, 0.25) is 0 Å². The van der Waals surface area contributed by atoms with E-state index in [0.29, 0.717) is 10.5 Å². The number of thioether (sulfide) groups is 1. The Morgan fingerprint density at radius 2 is 1.82 bits per heavy atom. The molecule has 0 spiro atoms. The number of nitro benzene ring substituents is 1. The lowest BCUT2D eigenvalue weighted by atomic mass is 10.1. The molecular weight excluding hydrogens is 378 g/mol. The van der Waals surface area contributed by atoms with Crippen molar-refractivity contribution in [3.63, 3.8) is 0 Å². The van der Waals surface area contributed by atoms with Crippen LogP contribution in [-0.2, 0) is 18.4 Å². The number of carbonyl (C=O) groups is 2. The van der Waals surface area contributed by atoms with Crippen LogP contribution in [0.15, 0.2) is 59.6 Å². The van der Waals surface area contributed by atoms with Gasteiger partial charge in [-0.2, -0.15) is 0 Å². The number of imide groups is 1. The number of nitrogens with zero attached hydrogens (tertiary/aromatic N) is 3. The van der Waals surface area contributed by atoms with Gasteiger partial charge < -0.3 is 4.57 Å². The first-order chi connectivity index (χ1) is 13.4. The van der Waals surface area contributed by atoms with Crippen LogP contribution in [0.25, 0.3) is 17.0 Å². The van der Waals surface area contributed by atoms with Crippen LogP contribution in [0.5, 0.6) is 0 Å². The number of non-ortho nitro benzene ring substituents is 1. The number of aryl methyl sites for hydroxylation is 1. The maximum Gasteiger partial charge on any atom is 0.293 e. The summed E-state index contributed by atoms with van der Waals surface area (Å²) in [6.45, 7) is 0.0789. The second-order valence-corrected chi connectivity index (χ2v) is 7.40. The zero-order chi connectivity index (χ0) is 19.8. The molecule has 2 heterocycles. The van der Waals surface area contributed by atoms with Gasteiger partial charge in [-0.3, -0.25) is 24.6 Å². The van der Waals surface area contributed by atoms with Gasteiger partial charge in [0, 0.05) is 41.8 Å². The highest BCUT2D eigenvalue weighted by Gasteiger charge is 2.35. The molecule has 140 valence electrons. The third-order valence-corrected chi connectivity index (χ3v) is 5.48. The van der Waals surface area contributed by atoms with Crippen LogP contribution in [0.1, 0.15) is 11.1 Å². The molecule has 7 nitrogen and oxygen atoms in total. The van der Waals surface area contributed by atoms with Crippen LogP contribution in [0, 0.1) is 10.1 Å². The van der Waals surface area contributed by atoms with E-state index in [9.17, 15) is 19.7 Å². The molecule has 4 rings (SSSR count). The third-order valence-electron chi connectivity index (χ3n) is 4.58. The zero-order valence-corrected chi connectivity index (χ0v) is 15.7. The van der Waals surface area contributed by atoms with Crippen LogP contribution in [-0.4, -0.2) is 25.5 Å².